The Morgan fingerprint density at radius 3 is 2.19 bits per heavy atom. The summed E-state index contributed by atoms with van der Waals surface area (Å²) in [5, 5.41) is 11.7. The molecule has 2 aromatic rings. The van der Waals surface area contributed by atoms with Crippen LogP contribution < -0.4 is 5.32 Å². The standard InChI is InChI=1S/C18H21NO2/c1-13-9-14(2)11-17(10-13)16-5-3-15(4-6-16)12-19-8-7-18(20)21/h3-6,9-11,19H,7-8,12H2,1-2H3,(H,20,21). The molecule has 0 fully saturated rings. The maximum absolute atomic E-state index is 10.4. The highest BCUT2D eigenvalue weighted by Gasteiger charge is 2.01. The van der Waals surface area contributed by atoms with Crippen LogP contribution in [0.25, 0.3) is 11.1 Å². The lowest BCUT2D eigenvalue weighted by Gasteiger charge is -2.07. The maximum Gasteiger partial charge on any atom is 0.304 e. The summed E-state index contributed by atoms with van der Waals surface area (Å²) in [6.07, 6.45) is 0.153. The molecule has 21 heavy (non-hydrogen) atoms. The molecule has 0 aliphatic heterocycles. The Kier molecular flexibility index (Phi) is 5.12. The lowest BCUT2D eigenvalue weighted by atomic mass is 10.00. The van der Waals surface area contributed by atoms with Crippen molar-refractivity contribution in [2.24, 2.45) is 0 Å². The van der Waals surface area contributed by atoms with Crippen LogP contribution in [0.1, 0.15) is 23.1 Å². The van der Waals surface area contributed by atoms with Gasteiger partial charge in [0, 0.05) is 13.1 Å². The number of nitrogens with one attached hydrogen (secondary N) is 1. The van der Waals surface area contributed by atoms with Crippen molar-refractivity contribution >= 4 is 5.97 Å². The van der Waals surface area contributed by atoms with Crippen LogP contribution in [0.4, 0.5) is 0 Å². The summed E-state index contributed by atoms with van der Waals surface area (Å²) in [5.74, 6) is -0.771. The fourth-order valence-corrected chi connectivity index (χ4v) is 2.38. The largest absolute Gasteiger partial charge is 0.481 e. The molecular formula is C18H21NO2. The topological polar surface area (TPSA) is 49.3 Å². The molecule has 2 aromatic carbocycles. The summed E-state index contributed by atoms with van der Waals surface area (Å²) in [4.78, 5) is 10.4. The van der Waals surface area contributed by atoms with Gasteiger partial charge in [-0.2, -0.15) is 0 Å². The monoisotopic (exact) mass is 283 g/mol. The summed E-state index contributed by atoms with van der Waals surface area (Å²) >= 11 is 0. The van der Waals surface area contributed by atoms with Crippen LogP contribution in [-0.4, -0.2) is 17.6 Å². The van der Waals surface area contributed by atoms with Gasteiger partial charge in [-0.3, -0.25) is 4.79 Å². The molecule has 0 aliphatic rings. The highest BCUT2D eigenvalue weighted by molar-refractivity contribution is 5.67. The third-order valence-electron chi connectivity index (χ3n) is 3.35. The number of aryl methyl sites for hydroxylation is 2. The minimum Gasteiger partial charge on any atom is -0.481 e. The minimum atomic E-state index is -0.771. The lowest BCUT2D eigenvalue weighted by Crippen LogP contribution is -2.17. The molecule has 3 heteroatoms. The van der Waals surface area contributed by atoms with Crippen molar-refractivity contribution in [1.29, 1.82) is 0 Å². The number of carboxylic acids is 1. The Morgan fingerprint density at radius 1 is 1.00 bits per heavy atom. The van der Waals surface area contributed by atoms with E-state index in [1.54, 1.807) is 0 Å². The molecule has 0 saturated heterocycles. The molecule has 2 N–H and O–H groups in total. The van der Waals surface area contributed by atoms with Crippen molar-refractivity contribution in [3.63, 3.8) is 0 Å². The summed E-state index contributed by atoms with van der Waals surface area (Å²) in [6, 6.07) is 14.9. The maximum atomic E-state index is 10.4. The van der Waals surface area contributed by atoms with Gasteiger partial charge < -0.3 is 10.4 Å². The van der Waals surface area contributed by atoms with Gasteiger partial charge in [0.25, 0.3) is 0 Å². The van der Waals surface area contributed by atoms with Crippen LogP contribution in [-0.2, 0) is 11.3 Å². The zero-order valence-corrected chi connectivity index (χ0v) is 12.5. The quantitative estimate of drug-likeness (QED) is 0.797. The van der Waals surface area contributed by atoms with Crippen molar-refractivity contribution in [2.75, 3.05) is 6.54 Å². The molecule has 0 bridgehead atoms. The highest BCUT2D eigenvalue weighted by atomic mass is 16.4. The van der Waals surface area contributed by atoms with E-state index < -0.39 is 5.97 Å². The normalized spacial score (nSPS) is 10.6. The van der Waals surface area contributed by atoms with E-state index in [1.165, 1.54) is 22.3 Å². The highest BCUT2D eigenvalue weighted by Crippen LogP contribution is 2.22. The molecule has 0 atom stereocenters. The van der Waals surface area contributed by atoms with Crippen LogP contribution in [0.15, 0.2) is 42.5 Å². The van der Waals surface area contributed by atoms with E-state index in [9.17, 15) is 4.79 Å². The zero-order chi connectivity index (χ0) is 15.2. The first kappa shape index (κ1) is 15.3. The number of carbonyl (C=O) groups is 1. The number of aliphatic carboxylic acids is 1. The van der Waals surface area contributed by atoms with E-state index in [-0.39, 0.29) is 6.42 Å². The molecule has 0 radical (unpaired) electrons. The van der Waals surface area contributed by atoms with Gasteiger partial charge in [0.15, 0.2) is 0 Å². The molecule has 3 nitrogen and oxygen atoms in total. The second kappa shape index (κ2) is 7.04. The molecule has 0 unspecified atom stereocenters. The van der Waals surface area contributed by atoms with E-state index in [0.717, 1.165) is 5.56 Å². The number of benzene rings is 2. The van der Waals surface area contributed by atoms with E-state index >= 15 is 0 Å². The third kappa shape index (κ3) is 4.72. The fraction of sp³-hybridized carbons (Fsp3) is 0.278. The van der Waals surface area contributed by atoms with Crippen molar-refractivity contribution in [3.8, 4) is 11.1 Å². The summed E-state index contributed by atoms with van der Waals surface area (Å²) in [7, 11) is 0. The second-order valence-corrected chi connectivity index (χ2v) is 5.39. The average molecular weight is 283 g/mol. The van der Waals surface area contributed by atoms with Crippen molar-refractivity contribution in [1.82, 2.24) is 5.32 Å². The molecule has 0 amide bonds. The second-order valence-electron chi connectivity index (χ2n) is 5.39. The Bertz CT molecular complexity index is 597. The van der Waals surface area contributed by atoms with E-state index in [4.69, 9.17) is 5.11 Å². The van der Waals surface area contributed by atoms with Gasteiger partial charge in [-0.1, -0.05) is 53.6 Å². The Morgan fingerprint density at radius 2 is 1.62 bits per heavy atom. The lowest BCUT2D eigenvalue weighted by molar-refractivity contribution is -0.136. The summed E-state index contributed by atoms with van der Waals surface area (Å²) in [5.41, 5.74) is 6.14. The van der Waals surface area contributed by atoms with Crippen molar-refractivity contribution < 1.29 is 9.90 Å². The summed E-state index contributed by atoms with van der Waals surface area (Å²) in [6.45, 7) is 5.41. The number of hydrogen-bond donors (Lipinski definition) is 2. The van der Waals surface area contributed by atoms with Crippen LogP contribution in [0.3, 0.4) is 0 Å². The van der Waals surface area contributed by atoms with Crippen molar-refractivity contribution in [3.05, 3.63) is 59.2 Å². The first-order valence-electron chi connectivity index (χ1n) is 7.15. The SMILES string of the molecule is Cc1cc(C)cc(-c2ccc(CNCCC(=O)O)cc2)c1. The predicted molar refractivity (Wildman–Crippen MR) is 85.3 cm³/mol. The van der Waals surface area contributed by atoms with E-state index in [1.807, 2.05) is 0 Å². The van der Waals surface area contributed by atoms with Crippen molar-refractivity contribution in [2.45, 2.75) is 26.8 Å². The summed E-state index contributed by atoms with van der Waals surface area (Å²) < 4.78 is 0. The van der Waals surface area contributed by atoms with Gasteiger partial charge in [-0.05, 0) is 30.5 Å². The molecule has 0 spiro atoms. The van der Waals surface area contributed by atoms with Crippen LogP contribution in [0, 0.1) is 13.8 Å². The first-order chi connectivity index (χ1) is 10.0. The minimum absolute atomic E-state index is 0.153. The smallest absolute Gasteiger partial charge is 0.304 e. The number of hydrogen-bond acceptors (Lipinski definition) is 2. The molecule has 110 valence electrons. The van der Waals surface area contributed by atoms with Crippen LogP contribution in [0.5, 0.6) is 0 Å². The number of carboxylic acid groups (broad SMARTS) is 1. The van der Waals surface area contributed by atoms with Crippen LogP contribution in [0.2, 0.25) is 0 Å². The van der Waals surface area contributed by atoms with Gasteiger partial charge in [-0.15, -0.1) is 0 Å². The van der Waals surface area contributed by atoms with Gasteiger partial charge in [0.2, 0.25) is 0 Å². The molecular weight excluding hydrogens is 262 g/mol. The van der Waals surface area contributed by atoms with E-state index in [0.29, 0.717) is 13.1 Å². The Hall–Kier alpha value is -2.13. The van der Waals surface area contributed by atoms with Gasteiger partial charge in [0.05, 0.1) is 6.42 Å². The van der Waals surface area contributed by atoms with Gasteiger partial charge in [-0.25, -0.2) is 0 Å². The molecule has 0 aliphatic carbocycles. The first-order valence-corrected chi connectivity index (χ1v) is 7.15. The molecule has 0 saturated carbocycles. The average Bonchev–Trinajstić information content (AvgIpc) is 2.43. The van der Waals surface area contributed by atoms with Gasteiger partial charge >= 0.3 is 5.97 Å². The Labute approximate surface area is 125 Å². The molecule has 2 rings (SSSR count). The van der Waals surface area contributed by atoms with Crippen LogP contribution >= 0.6 is 0 Å². The van der Waals surface area contributed by atoms with E-state index in [2.05, 4.69) is 61.6 Å². The third-order valence-corrected chi connectivity index (χ3v) is 3.35. The van der Waals surface area contributed by atoms with Gasteiger partial charge in [0.1, 0.15) is 0 Å². The Balaban J connectivity index is 2.00. The predicted octanol–water partition coefficient (Wildman–Crippen LogP) is 3.53. The molecule has 0 aromatic heterocycles. The molecule has 0 heterocycles. The number of rotatable bonds is 6. The fourth-order valence-electron chi connectivity index (χ4n) is 2.38. The zero-order valence-electron chi connectivity index (χ0n) is 12.5.